The van der Waals surface area contributed by atoms with E-state index in [1.807, 2.05) is 17.0 Å². The molecule has 2 rings (SSSR count). The Hall–Kier alpha value is -3.08. The second-order valence-electron chi connectivity index (χ2n) is 5.19. The maximum Gasteiger partial charge on any atom is 0.409 e. The molecule has 1 aliphatic rings. The van der Waals surface area contributed by atoms with Gasteiger partial charge in [0, 0.05) is 51.3 Å². The van der Waals surface area contributed by atoms with Gasteiger partial charge in [-0.05, 0) is 11.6 Å². The summed E-state index contributed by atoms with van der Waals surface area (Å²) in [5, 5.41) is 11.9. The molecule has 1 N–H and O–H groups in total. The summed E-state index contributed by atoms with van der Waals surface area (Å²) >= 11 is 0. The van der Waals surface area contributed by atoms with E-state index in [-0.39, 0.29) is 11.7 Å². The van der Waals surface area contributed by atoms with Gasteiger partial charge in [-0.25, -0.2) is 4.79 Å². The molecule has 8 heteroatoms. The number of nitrogens with zero attached hydrogens (tertiary/aromatic N) is 4. The molecule has 0 atom stereocenters. The van der Waals surface area contributed by atoms with Crippen LogP contribution in [0.25, 0.3) is 0 Å². The largest absolute Gasteiger partial charge is 0.453 e. The SMILES string of the molecule is COC(=O)N1CCN(/C=C(/C#N)C(=O)NCc2cccnc2)CC1. The fourth-order valence-electron chi connectivity index (χ4n) is 2.26. The van der Waals surface area contributed by atoms with E-state index in [1.165, 1.54) is 13.3 Å². The van der Waals surface area contributed by atoms with Gasteiger partial charge < -0.3 is 19.9 Å². The van der Waals surface area contributed by atoms with Crippen molar-refractivity contribution in [1.29, 1.82) is 5.26 Å². The Morgan fingerprint density at radius 3 is 2.75 bits per heavy atom. The van der Waals surface area contributed by atoms with E-state index in [0.717, 1.165) is 5.56 Å². The van der Waals surface area contributed by atoms with Crippen LogP contribution in [-0.2, 0) is 16.1 Å². The number of hydrogen-bond acceptors (Lipinski definition) is 6. The van der Waals surface area contributed by atoms with Crippen molar-refractivity contribution in [2.24, 2.45) is 0 Å². The number of nitriles is 1. The first-order chi connectivity index (χ1) is 11.6. The smallest absolute Gasteiger partial charge is 0.409 e. The first-order valence-electron chi connectivity index (χ1n) is 7.50. The molecule has 0 bridgehead atoms. The number of aromatic nitrogens is 1. The molecule has 24 heavy (non-hydrogen) atoms. The Kier molecular flexibility index (Phi) is 6.14. The number of piperazine rings is 1. The second-order valence-corrected chi connectivity index (χ2v) is 5.19. The topological polar surface area (TPSA) is 98.6 Å². The molecule has 1 aromatic heterocycles. The number of nitrogens with one attached hydrogen (secondary N) is 1. The van der Waals surface area contributed by atoms with Gasteiger partial charge in [0.1, 0.15) is 11.6 Å². The van der Waals surface area contributed by atoms with Crippen LogP contribution in [0.1, 0.15) is 5.56 Å². The quantitative estimate of drug-likeness (QED) is 0.637. The van der Waals surface area contributed by atoms with Crippen LogP contribution in [0, 0.1) is 11.3 Å². The lowest BCUT2D eigenvalue weighted by Crippen LogP contribution is -2.47. The minimum Gasteiger partial charge on any atom is -0.453 e. The van der Waals surface area contributed by atoms with Crippen LogP contribution >= 0.6 is 0 Å². The van der Waals surface area contributed by atoms with E-state index >= 15 is 0 Å². The Morgan fingerprint density at radius 1 is 1.42 bits per heavy atom. The molecule has 0 unspecified atom stereocenters. The van der Waals surface area contributed by atoms with Gasteiger partial charge in [-0.3, -0.25) is 9.78 Å². The number of rotatable bonds is 4. The summed E-state index contributed by atoms with van der Waals surface area (Å²) in [7, 11) is 1.34. The highest BCUT2D eigenvalue weighted by Crippen LogP contribution is 2.06. The minimum absolute atomic E-state index is 0.0328. The Morgan fingerprint density at radius 2 is 2.17 bits per heavy atom. The Bertz CT molecular complexity index is 645. The zero-order valence-corrected chi connectivity index (χ0v) is 13.4. The van der Waals surface area contributed by atoms with Gasteiger partial charge in [0.2, 0.25) is 0 Å². The highest BCUT2D eigenvalue weighted by molar-refractivity contribution is 5.97. The molecule has 1 aromatic rings. The van der Waals surface area contributed by atoms with Crippen molar-refractivity contribution in [3.8, 4) is 6.07 Å². The third kappa shape index (κ3) is 4.71. The predicted molar refractivity (Wildman–Crippen MR) is 85.3 cm³/mol. The van der Waals surface area contributed by atoms with Gasteiger partial charge in [0.15, 0.2) is 0 Å². The molecule has 0 aromatic carbocycles. The van der Waals surface area contributed by atoms with Gasteiger partial charge in [0.05, 0.1) is 7.11 Å². The lowest BCUT2D eigenvalue weighted by molar-refractivity contribution is -0.117. The van der Waals surface area contributed by atoms with Gasteiger partial charge in [-0.15, -0.1) is 0 Å². The number of pyridine rings is 1. The maximum atomic E-state index is 12.1. The third-order valence-electron chi connectivity index (χ3n) is 3.60. The standard InChI is InChI=1S/C16H19N5O3/c1-24-16(23)21-7-5-20(6-8-21)12-14(9-17)15(22)19-11-13-3-2-4-18-10-13/h2-4,10,12H,5-8,11H2,1H3,(H,19,22)/b14-12-. The summed E-state index contributed by atoms with van der Waals surface area (Å²) in [6.45, 7) is 2.35. The van der Waals surface area contributed by atoms with Crippen LogP contribution in [0.5, 0.6) is 0 Å². The molecule has 1 aliphatic heterocycles. The number of hydrogen-bond donors (Lipinski definition) is 1. The summed E-state index contributed by atoms with van der Waals surface area (Å²) in [6.07, 6.45) is 4.48. The average molecular weight is 329 g/mol. The molecule has 0 saturated carbocycles. The highest BCUT2D eigenvalue weighted by atomic mass is 16.5. The van der Waals surface area contributed by atoms with Gasteiger partial charge >= 0.3 is 6.09 Å². The van der Waals surface area contributed by atoms with Crippen molar-refractivity contribution in [3.05, 3.63) is 41.9 Å². The molecule has 2 amide bonds. The summed E-state index contributed by atoms with van der Waals surface area (Å²) in [5.74, 6) is -0.434. The molecule has 1 saturated heterocycles. The first-order valence-corrected chi connectivity index (χ1v) is 7.50. The molecular formula is C16H19N5O3. The monoisotopic (exact) mass is 329 g/mol. The molecule has 0 radical (unpaired) electrons. The summed E-state index contributed by atoms with van der Waals surface area (Å²) in [6, 6.07) is 5.54. The van der Waals surface area contributed by atoms with Crippen molar-refractivity contribution >= 4 is 12.0 Å². The lowest BCUT2D eigenvalue weighted by atomic mass is 10.2. The number of amides is 2. The number of carbonyl (C=O) groups is 2. The maximum absolute atomic E-state index is 12.1. The molecule has 0 spiro atoms. The summed E-state index contributed by atoms with van der Waals surface area (Å²) in [4.78, 5) is 30.9. The van der Waals surface area contributed by atoms with Crippen molar-refractivity contribution in [1.82, 2.24) is 20.1 Å². The zero-order valence-electron chi connectivity index (χ0n) is 13.4. The fraction of sp³-hybridized carbons (Fsp3) is 0.375. The van der Waals surface area contributed by atoms with E-state index < -0.39 is 5.91 Å². The second kappa shape index (κ2) is 8.53. The van der Waals surface area contributed by atoms with Crippen LogP contribution in [0.3, 0.4) is 0 Å². The molecule has 126 valence electrons. The van der Waals surface area contributed by atoms with Crippen molar-refractivity contribution in [3.63, 3.8) is 0 Å². The predicted octanol–water partition coefficient (Wildman–Crippen LogP) is 0.489. The van der Waals surface area contributed by atoms with Crippen LogP contribution in [0.4, 0.5) is 4.79 Å². The van der Waals surface area contributed by atoms with Crippen molar-refractivity contribution < 1.29 is 14.3 Å². The van der Waals surface area contributed by atoms with E-state index in [0.29, 0.717) is 32.7 Å². The Balaban J connectivity index is 1.89. The summed E-state index contributed by atoms with van der Waals surface area (Å²) in [5.41, 5.74) is 0.889. The lowest BCUT2D eigenvalue weighted by Gasteiger charge is -2.33. The minimum atomic E-state index is -0.434. The van der Waals surface area contributed by atoms with Crippen molar-refractivity contribution in [2.45, 2.75) is 6.54 Å². The van der Waals surface area contributed by atoms with Gasteiger partial charge in [-0.2, -0.15) is 5.26 Å². The van der Waals surface area contributed by atoms with Crippen molar-refractivity contribution in [2.75, 3.05) is 33.3 Å². The molecular weight excluding hydrogens is 310 g/mol. The van der Waals surface area contributed by atoms with E-state index in [1.54, 1.807) is 23.4 Å². The van der Waals surface area contributed by atoms with Crippen LogP contribution in [0.2, 0.25) is 0 Å². The number of carbonyl (C=O) groups excluding carboxylic acids is 2. The average Bonchev–Trinajstić information content (AvgIpc) is 2.64. The number of ether oxygens (including phenoxy) is 1. The van der Waals surface area contributed by atoms with Crippen LogP contribution < -0.4 is 5.32 Å². The zero-order chi connectivity index (χ0) is 17.4. The normalized spacial score (nSPS) is 14.8. The summed E-state index contributed by atoms with van der Waals surface area (Å²) < 4.78 is 4.67. The highest BCUT2D eigenvalue weighted by Gasteiger charge is 2.21. The van der Waals surface area contributed by atoms with Gasteiger partial charge in [0.25, 0.3) is 5.91 Å². The molecule has 2 heterocycles. The van der Waals surface area contributed by atoms with Crippen LogP contribution in [-0.4, -0.2) is 60.1 Å². The van der Waals surface area contributed by atoms with Gasteiger partial charge in [-0.1, -0.05) is 6.07 Å². The molecule has 0 aliphatic carbocycles. The molecule has 8 nitrogen and oxygen atoms in total. The Labute approximate surface area is 140 Å². The number of methoxy groups -OCH3 is 1. The van der Waals surface area contributed by atoms with E-state index in [2.05, 4.69) is 15.0 Å². The van der Waals surface area contributed by atoms with Crippen LogP contribution in [0.15, 0.2) is 36.3 Å². The van der Waals surface area contributed by atoms with E-state index in [4.69, 9.17) is 0 Å². The third-order valence-corrected chi connectivity index (χ3v) is 3.60. The molecule has 1 fully saturated rings. The fourth-order valence-corrected chi connectivity index (χ4v) is 2.26. The first kappa shape index (κ1) is 17.3. The van der Waals surface area contributed by atoms with E-state index in [9.17, 15) is 14.9 Å².